The molecule has 2 rings (SSSR count). The van der Waals surface area contributed by atoms with E-state index in [2.05, 4.69) is 43.4 Å². The Bertz CT molecular complexity index is 896. The Morgan fingerprint density at radius 2 is 1.75 bits per heavy atom. The average Bonchev–Trinajstić information content (AvgIpc) is 2.63. The number of halogens is 1. The molecule has 0 aliphatic carbocycles. The Morgan fingerprint density at radius 1 is 1.11 bits per heavy atom. The van der Waals surface area contributed by atoms with E-state index >= 15 is 0 Å². The summed E-state index contributed by atoms with van der Waals surface area (Å²) in [5, 5.41) is 2.71. The van der Waals surface area contributed by atoms with Crippen LogP contribution in [0, 0.1) is 5.82 Å². The van der Waals surface area contributed by atoms with Crippen molar-refractivity contribution in [2.75, 3.05) is 23.7 Å². The molecule has 0 saturated carbocycles. The van der Waals surface area contributed by atoms with Gasteiger partial charge < -0.3 is 5.32 Å². The smallest absolute Gasteiger partial charge is 0.240 e. The largest absolute Gasteiger partial charge is 0.355 e. The van der Waals surface area contributed by atoms with Crippen LogP contribution in [0.15, 0.2) is 48.5 Å². The second kappa shape index (κ2) is 9.68. The van der Waals surface area contributed by atoms with Crippen LogP contribution in [0.3, 0.4) is 0 Å². The predicted octanol–water partition coefficient (Wildman–Crippen LogP) is 3.46. The quantitative estimate of drug-likeness (QED) is 0.649. The van der Waals surface area contributed by atoms with E-state index in [4.69, 9.17) is 0 Å². The van der Waals surface area contributed by atoms with Crippen LogP contribution in [0.1, 0.15) is 37.3 Å². The van der Waals surface area contributed by atoms with Crippen LogP contribution >= 0.6 is 0 Å². The van der Waals surface area contributed by atoms with Crippen LogP contribution in [-0.2, 0) is 21.2 Å². The molecule has 0 aliphatic heterocycles. The molecule has 2 aromatic carbocycles. The maximum Gasteiger partial charge on any atom is 0.240 e. The van der Waals surface area contributed by atoms with Gasteiger partial charge in [-0.05, 0) is 42.0 Å². The van der Waals surface area contributed by atoms with Crippen LogP contribution in [-0.4, -0.2) is 33.7 Å². The molecule has 1 amide bonds. The second-order valence-corrected chi connectivity index (χ2v) is 8.98. The van der Waals surface area contributed by atoms with Crippen molar-refractivity contribution < 1.29 is 17.6 Å². The first-order valence-electron chi connectivity index (χ1n) is 9.26. The average molecular weight is 407 g/mol. The maximum absolute atomic E-state index is 14.0. The van der Waals surface area contributed by atoms with Gasteiger partial charge in [-0.15, -0.1) is 0 Å². The minimum Gasteiger partial charge on any atom is -0.355 e. The molecule has 2 aromatic rings. The van der Waals surface area contributed by atoms with Crippen molar-refractivity contribution in [2.24, 2.45) is 0 Å². The lowest BCUT2D eigenvalue weighted by molar-refractivity contribution is -0.119. The molecular weight excluding hydrogens is 379 g/mol. The fourth-order valence-corrected chi connectivity index (χ4v) is 3.67. The molecule has 0 aliphatic rings. The van der Waals surface area contributed by atoms with Gasteiger partial charge in [-0.3, -0.25) is 9.10 Å². The lowest BCUT2D eigenvalue weighted by Gasteiger charge is -2.22. The number of hydrogen-bond acceptors (Lipinski definition) is 3. The zero-order valence-electron chi connectivity index (χ0n) is 16.5. The molecule has 0 fully saturated rings. The minimum atomic E-state index is -3.79. The Kier molecular flexibility index (Phi) is 7.57. The van der Waals surface area contributed by atoms with Gasteiger partial charge in [0.15, 0.2) is 0 Å². The summed E-state index contributed by atoms with van der Waals surface area (Å²) in [6.07, 6.45) is 2.49. The van der Waals surface area contributed by atoms with Crippen LogP contribution in [0.4, 0.5) is 10.1 Å². The number of rotatable bonds is 9. The minimum absolute atomic E-state index is 0.134. The number of hydrogen-bond donors (Lipinski definition) is 1. The first kappa shape index (κ1) is 21.9. The summed E-state index contributed by atoms with van der Waals surface area (Å²) in [4.78, 5) is 12.2. The number of carbonyl (C=O) groups is 1. The fourth-order valence-electron chi connectivity index (χ4n) is 2.81. The molecule has 0 aromatic heterocycles. The molecule has 0 saturated heterocycles. The summed E-state index contributed by atoms with van der Waals surface area (Å²) in [5.74, 6) is -0.671. The molecule has 7 heteroatoms. The number of sulfonamides is 1. The second-order valence-electron chi connectivity index (χ2n) is 7.07. The molecule has 1 N–H and O–H groups in total. The fraction of sp³-hybridized carbons (Fsp3) is 0.381. The standard InChI is InChI=1S/C21H27FN2O3S/c1-16(2)18-12-10-17(11-13-18)7-6-14-23-21(25)15-24(28(3,26)27)20-9-5-4-8-19(20)22/h4-5,8-13,16H,6-7,14-15H2,1-3H3,(H,23,25). The lowest BCUT2D eigenvalue weighted by atomic mass is 10.0. The number of amides is 1. The number of carbonyl (C=O) groups excluding carboxylic acids is 1. The molecule has 5 nitrogen and oxygen atoms in total. The number of aryl methyl sites for hydroxylation is 1. The van der Waals surface area contributed by atoms with Crippen molar-refractivity contribution in [1.29, 1.82) is 0 Å². The van der Waals surface area contributed by atoms with Crippen molar-refractivity contribution in [1.82, 2.24) is 5.32 Å². The first-order chi connectivity index (χ1) is 13.2. The van der Waals surface area contributed by atoms with Gasteiger partial charge in [0.1, 0.15) is 12.4 Å². The summed E-state index contributed by atoms with van der Waals surface area (Å²) in [5.41, 5.74) is 2.33. The molecule has 0 radical (unpaired) electrons. The molecule has 152 valence electrons. The third-order valence-electron chi connectivity index (χ3n) is 4.42. The number of para-hydroxylation sites is 1. The Morgan fingerprint density at radius 3 is 2.32 bits per heavy atom. The SMILES string of the molecule is CC(C)c1ccc(CCCNC(=O)CN(c2ccccc2F)S(C)(=O)=O)cc1. The van der Waals surface area contributed by atoms with Crippen LogP contribution in [0.5, 0.6) is 0 Å². The topological polar surface area (TPSA) is 66.5 Å². The summed E-state index contributed by atoms with van der Waals surface area (Å²) in [6, 6.07) is 13.9. The highest BCUT2D eigenvalue weighted by molar-refractivity contribution is 7.92. The monoisotopic (exact) mass is 406 g/mol. The van der Waals surface area contributed by atoms with E-state index in [-0.39, 0.29) is 5.69 Å². The lowest BCUT2D eigenvalue weighted by Crippen LogP contribution is -2.41. The van der Waals surface area contributed by atoms with Crippen molar-refractivity contribution in [2.45, 2.75) is 32.6 Å². The molecule has 0 heterocycles. The number of nitrogens with zero attached hydrogens (tertiary/aromatic N) is 1. The summed E-state index contributed by atoms with van der Waals surface area (Å²) >= 11 is 0. The van der Waals surface area contributed by atoms with Gasteiger partial charge in [0, 0.05) is 6.54 Å². The van der Waals surface area contributed by atoms with Gasteiger partial charge in [0.05, 0.1) is 11.9 Å². The van der Waals surface area contributed by atoms with E-state index in [9.17, 15) is 17.6 Å². The van der Waals surface area contributed by atoms with Crippen LogP contribution in [0.2, 0.25) is 0 Å². The van der Waals surface area contributed by atoms with E-state index in [1.807, 2.05) is 0 Å². The third-order valence-corrected chi connectivity index (χ3v) is 5.55. The van der Waals surface area contributed by atoms with E-state index in [0.29, 0.717) is 12.5 Å². The van der Waals surface area contributed by atoms with Gasteiger partial charge in [-0.1, -0.05) is 50.2 Å². The van der Waals surface area contributed by atoms with E-state index in [1.54, 1.807) is 0 Å². The Hall–Kier alpha value is -2.41. The molecule has 0 atom stereocenters. The molecule has 28 heavy (non-hydrogen) atoms. The summed E-state index contributed by atoms with van der Waals surface area (Å²) in [7, 11) is -3.79. The normalized spacial score (nSPS) is 11.5. The number of benzene rings is 2. The van der Waals surface area contributed by atoms with Crippen LogP contribution in [0.25, 0.3) is 0 Å². The summed E-state index contributed by atoms with van der Waals surface area (Å²) < 4.78 is 38.7. The van der Waals surface area contributed by atoms with Gasteiger partial charge in [0.2, 0.25) is 15.9 Å². The van der Waals surface area contributed by atoms with Gasteiger partial charge >= 0.3 is 0 Å². The van der Waals surface area contributed by atoms with Gasteiger partial charge in [0.25, 0.3) is 0 Å². The van der Waals surface area contributed by atoms with Crippen molar-refractivity contribution in [3.8, 4) is 0 Å². The highest BCUT2D eigenvalue weighted by Crippen LogP contribution is 2.21. The van der Waals surface area contributed by atoms with E-state index in [0.717, 1.165) is 29.5 Å². The predicted molar refractivity (Wildman–Crippen MR) is 110 cm³/mol. The van der Waals surface area contributed by atoms with Crippen LogP contribution < -0.4 is 9.62 Å². The van der Waals surface area contributed by atoms with E-state index < -0.39 is 28.3 Å². The Balaban J connectivity index is 1.87. The van der Waals surface area contributed by atoms with Crippen molar-refractivity contribution in [3.63, 3.8) is 0 Å². The van der Waals surface area contributed by atoms with Crippen molar-refractivity contribution >= 4 is 21.6 Å². The van der Waals surface area contributed by atoms with Crippen molar-refractivity contribution in [3.05, 3.63) is 65.5 Å². The molecule has 0 spiro atoms. The third kappa shape index (κ3) is 6.34. The highest BCUT2D eigenvalue weighted by atomic mass is 32.2. The Labute approximate surface area is 166 Å². The molecule has 0 unspecified atom stereocenters. The summed E-state index contributed by atoms with van der Waals surface area (Å²) in [6.45, 7) is 4.25. The molecular formula is C21H27FN2O3S. The number of anilines is 1. The zero-order chi connectivity index (χ0) is 20.7. The van der Waals surface area contributed by atoms with Gasteiger partial charge in [-0.25, -0.2) is 12.8 Å². The van der Waals surface area contributed by atoms with E-state index in [1.165, 1.54) is 29.3 Å². The molecule has 0 bridgehead atoms. The van der Waals surface area contributed by atoms with Gasteiger partial charge in [-0.2, -0.15) is 0 Å². The maximum atomic E-state index is 14.0. The highest BCUT2D eigenvalue weighted by Gasteiger charge is 2.23. The number of nitrogens with one attached hydrogen (secondary N) is 1. The first-order valence-corrected chi connectivity index (χ1v) is 11.1. The zero-order valence-corrected chi connectivity index (χ0v) is 17.3.